The Morgan fingerprint density at radius 3 is 2.42 bits per heavy atom. The van der Waals surface area contributed by atoms with Crippen LogP contribution in [0.15, 0.2) is 54.6 Å². The van der Waals surface area contributed by atoms with E-state index in [0.29, 0.717) is 42.2 Å². The number of aryl methyl sites for hydroxylation is 5. The minimum Gasteiger partial charge on any atom is -0.494 e. The highest BCUT2D eigenvalue weighted by Gasteiger charge is 2.36. The van der Waals surface area contributed by atoms with Crippen LogP contribution in [0.3, 0.4) is 0 Å². The van der Waals surface area contributed by atoms with Gasteiger partial charge in [0.05, 0.1) is 28.4 Å². The number of anilines is 1. The van der Waals surface area contributed by atoms with Crippen LogP contribution in [0.1, 0.15) is 68.4 Å². The molecule has 0 saturated heterocycles. The molecule has 1 atom stereocenters. The molecular weight excluding hydrogens is 673 g/mol. The van der Waals surface area contributed by atoms with Crippen molar-refractivity contribution in [3.63, 3.8) is 0 Å². The van der Waals surface area contributed by atoms with E-state index >= 15 is 0 Å². The molecule has 3 aromatic carbocycles. The number of ether oxygens (including phenoxy) is 1. The van der Waals surface area contributed by atoms with Crippen LogP contribution in [0.2, 0.25) is 10.0 Å². The number of aromatic carboxylic acids is 1. The summed E-state index contributed by atoms with van der Waals surface area (Å²) < 4.78 is 10.2. The molecule has 1 aliphatic rings. The van der Waals surface area contributed by atoms with Crippen molar-refractivity contribution in [1.82, 2.24) is 19.3 Å². The summed E-state index contributed by atoms with van der Waals surface area (Å²) >= 11 is 13.4. The smallest absolute Gasteiger partial charge is 0.354 e. The quantitative estimate of drug-likeness (QED) is 0.158. The third-order valence-electron chi connectivity index (χ3n) is 9.77. The van der Waals surface area contributed by atoms with Crippen molar-refractivity contribution < 1.29 is 19.4 Å². The number of carbonyl (C=O) groups is 2. The van der Waals surface area contributed by atoms with Gasteiger partial charge in [0.1, 0.15) is 17.1 Å². The number of rotatable bonds is 8. The zero-order chi connectivity index (χ0) is 35.6. The lowest BCUT2D eigenvalue weighted by Gasteiger charge is -2.34. The van der Waals surface area contributed by atoms with Gasteiger partial charge < -0.3 is 19.3 Å². The summed E-state index contributed by atoms with van der Waals surface area (Å²) in [5.74, 6) is -0.437. The second-order valence-electron chi connectivity index (χ2n) is 13.2. The van der Waals surface area contributed by atoms with E-state index < -0.39 is 5.97 Å². The summed E-state index contributed by atoms with van der Waals surface area (Å²) in [6.07, 6.45) is 1.27. The number of pyridine rings is 1. The number of halogens is 2. The number of amides is 1. The first-order chi connectivity index (χ1) is 23.8. The monoisotopic (exact) mass is 709 g/mol. The van der Waals surface area contributed by atoms with E-state index in [9.17, 15) is 14.7 Å². The molecule has 0 spiro atoms. The predicted molar refractivity (Wildman–Crippen MR) is 198 cm³/mol. The number of fused-ring (bicyclic) bond motifs is 4. The molecule has 9 nitrogen and oxygen atoms in total. The summed E-state index contributed by atoms with van der Waals surface area (Å²) in [6, 6.07) is 16.4. The largest absolute Gasteiger partial charge is 0.494 e. The molecule has 6 aromatic rings. The predicted octanol–water partition coefficient (Wildman–Crippen LogP) is 9.06. The molecule has 1 unspecified atom stereocenters. The Morgan fingerprint density at radius 2 is 1.74 bits per heavy atom. The fourth-order valence-electron chi connectivity index (χ4n) is 7.35. The fraction of sp³-hybridized carbons (Fsp3) is 0.282. The number of hydrogen-bond donors (Lipinski definition) is 1. The van der Waals surface area contributed by atoms with Gasteiger partial charge in [-0.05, 0) is 107 Å². The van der Waals surface area contributed by atoms with Crippen molar-refractivity contribution in [1.29, 1.82) is 0 Å². The Balaban J connectivity index is 1.34. The highest BCUT2D eigenvalue weighted by atomic mass is 35.5. The zero-order valence-corrected chi connectivity index (χ0v) is 30.3. The van der Waals surface area contributed by atoms with Crippen LogP contribution in [0, 0.1) is 27.7 Å². The van der Waals surface area contributed by atoms with E-state index in [4.69, 9.17) is 33.0 Å². The molecule has 50 heavy (non-hydrogen) atoms. The summed E-state index contributed by atoms with van der Waals surface area (Å²) in [6.45, 7) is 11.0. The Labute approximate surface area is 300 Å². The normalized spacial score (nSPS) is 14.5. The number of carbonyl (C=O) groups excluding carboxylic acids is 1. The molecule has 4 heterocycles. The molecule has 7 rings (SSSR count). The van der Waals surface area contributed by atoms with Crippen LogP contribution < -0.4 is 9.64 Å². The third-order valence-corrected chi connectivity index (χ3v) is 10.7. The topological polar surface area (TPSA) is 102 Å². The first-order valence-corrected chi connectivity index (χ1v) is 17.3. The molecule has 0 saturated carbocycles. The van der Waals surface area contributed by atoms with Gasteiger partial charge in [0.25, 0.3) is 5.91 Å². The van der Waals surface area contributed by atoms with E-state index in [-0.39, 0.29) is 17.6 Å². The Bertz CT molecular complexity index is 2350. The van der Waals surface area contributed by atoms with E-state index in [1.54, 1.807) is 12.1 Å². The second-order valence-corrected chi connectivity index (χ2v) is 13.9. The molecule has 0 radical (unpaired) electrons. The van der Waals surface area contributed by atoms with Crippen molar-refractivity contribution in [2.75, 3.05) is 18.1 Å². The molecular formula is C39H37Cl2N5O4. The Kier molecular flexibility index (Phi) is 8.60. The van der Waals surface area contributed by atoms with Crippen LogP contribution in [0.5, 0.6) is 5.75 Å². The Hall–Kier alpha value is -4.86. The lowest BCUT2D eigenvalue weighted by molar-refractivity contribution is 0.0690. The standard InChI is InChI=1S/C39H37Cl2N5O4/c1-20-16-27(17-21(2)35(20)41)50-15-7-8-28-29-11-12-30(40)34(33-23(4)43-44(6)24(33)5)36(29)46-22(3)19-45(38(47)37(28)46)26-10-14-31-25(18-26)9-13-32(42-31)39(48)49/h9-14,16-18,22H,7-8,15,19H2,1-6H3,(H,48,49). The van der Waals surface area contributed by atoms with Gasteiger partial charge in [0, 0.05) is 57.9 Å². The molecule has 0 fully saturated rings. The fourth-order valence-corrected chi connectivity index (χ4v) is 7.71. The average Bonchev–Trinajstić information content (AvgIpc) is 3.55. The molecule has 0 bridgehead atoms. The van der Waals surface area contributed by atoms with Gasteiger partial charge in [-0.25, -0.2) is 9.78 Å². The lowest BCUT2D eigenvalue weighted by atomic mass is 9.98. The van der Waals surface area contributed by atoms with Crippen LogP contribution in [0.25, 0.3) is 32.9 Å². The lowest BCUT2D eigenvalue weighted by Crippen LogP contribution is -2.42. The number of benzene rings is 3. The van der Waals surface area contributed by atoms with Gasteiger partial charge >= 0.3 is 5.97 Å². The zero-order valence-electron chi connectivity index (χ0n) is 28.8. The summed E-state index contributed by atoms with van der Waals surface area (Å²) in [5, 5.41) is 17.2. The van der Waals surface area contributed by atoms with Gasteiger partial charge in [0.2, 0.25) is 0 Å². The van der Waals surface area contributed by atoms with Crippen molar-refractivity contribution in [3.8, 4) is 16.9 Å². The second kappa shape index (κ2) is 12.8. The van der Waals surface area contributed by atoms with E-state index in [1.165, 1.54) is 6.07 Å². The van der Waals surface area contributed by atoms with E-state index in [1.807, 2.05) is 80.7 Å². The number of carboxylic acids is 1. The summed E-state index contributed by atoms with van der Waals surface area (Å²) in [7, 11) is 1.92. The van der Waals surface area contributed by atoms with Crippen molar-refractivity contribution >= 4 is 62.6 Å². The van der Waals surface area contributed by atoms with E-state index in [0.717, 1.165) is 72.0 Å². The molecule has 1 aliphatic heterocycles. The van der Waals surface area contributed by atoms with Gasteiger partial charge in [0.15, 0.2) is 0 Å². The number of carboxylic acid groups (broad SMARTS) is 1. The van der Waals surface area contributed by atoms with Gasteiger partial charge in [-0.3, -0.25) is 9.48 Å². The van der Waals surface area contributed by atoms with Crippen LogP contribution in [-0.2, 0) is 13.5 Å². The summed E-state index contributed by atoms with van der Waals surface area (Å²) in [4.78, 5) is 32.4. The molecule has 1 N–H and O–H groups in total. The van der Waals surface area contributed by atoms with Gasteiger partial charge in [-0.1, -0.05) is 35.3 Å². The molecule has 11 heteroatoms. The number of nitrogens with zero attached hydrogens (tertiary/aromatic N) is 5. The average molecular weight is 711 g/mol. The van der Waals surface area contributed by atoms with Crippen LogP contribution in [-0.4, -0.2) is 49.5 Å². The molecule has 1 amide bonds. The third kappa shape index (κ3) is 5.58. The maximum atomic E-state index is 14.8. The first-order valence-electron chi connectivity index (χ1n) is 16.6. The maximum absolute atomic E-state index is 14.8. The number of aromatic nitrogens is 4. The highest BCUT2D eigenvalue weighted by Crippen LogP contribution is 2.45. The van der Waals surface area contributed by atoms with Crippen molar-refractivity contribution in [2.45, 2.75) is 53.5 Å². The highest BCUT2D eigenvalue weighted by molar-refractivity contribution is 6.35. The minimum absolute atomic E-state index is 0.0269. The van der Waals surface area contributed by atoms with Crippen LogP contribution in [0.4, 0.5) is 5.69 Å². The maximum Gasteiger partial charge on any atom is 0.354 e. The SMILES string of the molecule is Cc1cc(OCCCc2c3n(c4c(-c5c(C)nn(C)c5C)c(Cl)ccc24)C(C)CN(c2ccc4nc(C(=O)O)ccc4c2)C3=O)cc(C)c1Cl. The van der Waals surface area contributed by atoms with Crippen molar-refractivity contribution in [2.24, 2.45) is 7.05 Å². The molecule has 3 aromatic heterocycles. The van der Waals surface area contributed by atoms with Crippen molar-refractivity contribution in [3.05, 3.63) is 104 Å². The van der Waals surface area contributed by atoms with Gasteiger partial charge in [-0.2, -0.15) is 5.10 Å². The van der Waals surface area contributed by atoms with E-state index in [2.05, 4.69) is 16.5 Å². The Morgan fingerprint density at radius 1 is 1.00 bits per heavy atom. The summed E-state index contributed by atoms with van der Waals surface area (Å²) in [5.41, 5.74) is 9.37. The molecule has 0 aliphatic carbocycles. The van der Waals surface area contributed by atoms with Gasteiger partial charge in [-0.15, -0.1) is 0 Å². The molecule has 256 valence electrons. The number of hydrogen-bond acceptors (Lipinski definition) is 5. The van der Waals surface area contributed by atoms with Crippen LogP contribution >= 0.6 is 23.2 Å². The first kappa shape index (κ1) is 33.6. The minimum atomic E-state index is -1.09.